The van der Waals surface area contributed by atoms with Gasteiger partial charge in [-0.3, -0.25) is 10.1 Å². The number of nitrogens with zero attached hydrogens (tertiary/aromatic N) is 5. The standard InChI is InChI=1S/C23H21F6N7O3S2/c1-12-20(41(38,39)31-8-9-35(2)3)40-21(32-12)34-19(37)15-11-30-36-17(23(27,28)29)10-16(33-18(15)36)13-4-6-14(7-5-13)22(24,25)26/h4-7,10-11,31H,8-9H2,1-3H3,(H,32,34,37). The SMILES string of the molecule is Cc1nc(NC(=O)c2cnn3c(C(F)(F)F)cc(-c4ccc(C(F)(F)F)cc4)nc23)sc1S(=O)(=O)NCCN(C)C. The highest BCUT2D eigenvalue weighted by molar-refractivity contribution is 7.91. The second-order valence-corrected chi connectivity index (χ2v) is 11.9. The number of nitrogens with one attached hydrogen (secondary N) is 2. The van der Waals surface area contributed by atoms with Crippen LogP contribution in [0.3, 0.4) is 0 Å². The first kappa shape index (κ1) is 30.4. The number of fused-ring (bicyclic) bond motifs is 1. The second kappa shape index (κ2) is 11.0. The topological polar surface area (TPSA) is 122 Å². The summed E-state index contributed by atoms with van der Waals surface area (Å²) in [5.74, 6) is -0.983. The summed E-state index contributed by atoms with van der Waals surface area (Å²) in [4.78, 5) is 22.9. The minimum absolute atomic E-state index is 0.0641. The fourth-order valence-electron chi connectivity index (χ4n) is 3.62. The summed E-state index contributed by atoms with van der Waals surface area (Å²) >= 11 is 0.640. The smallest absolute Gasteiger partial charge is 0.308 e. The highest BCUT2D eigenvalue weighted by Gasteiger charge is 2.36. The average molecular weight is 622 g/mol. The number of alkyl halides is 6. The molecule has 0 aliphatic carbocycles. The average Bonchev–Trinajstić information content (AvgIpc) is 3.45. The van der Waals surface area contributed by atoms with E-state index >= 15 is 0 Å². The summed E-state index contributed by atoms with van der Waals surface area (Å²) in [6, 6.07) is 3.93. The predicted molar refractivity (Wildman–Crippen MR) is 137 cm³/mol. The number of likely N-dealkylation sites (N-methyl/N-ethyl adjacent to an activating group) is 1. The van der Waals surface area contributed by atoms with Crippen LogP contribution in [0.1, 0.15) is 27.3 Å². The van der Waals surface area contributed by atoms with Crippen LogP contribution in [0.2, 0.25) is 0 Å². The third-order valence-electron chi connectivity index (χ3n) is 5.58. The summed E-state index contributed by atoms with van der Waals surface area (Å²) in [5.41, 5.74) is -3.59. The van der Waals surface area contributed by atoms with Crippen molar-refractivity contribution in [1.29, 1.82) is 0 Å². The molecule has 0 fully saturated rings. The number of aromatic nitrogens is 4. The van der Waals surface area contributed by atoms with E-state index < -0.39 is 50.8 Å². The Labute approximate surface area is 233 Å². The Morgan fingerprint density at radius 1 is 1.05 bits per heavy atom. The van der Waals surface area contributed by atoms with Crippen LogP contribution >= 0.6 is 11.3 Å². The number of carbonyl (C=O) groups excluding carboxylic acids is 1. The molecule has 4 rings (SSSR count). The number of hydrogen-bond donors (Lipinski definition) is 2. The van der Waals surface area contributed by atoms with Gasteiger partial charge in [0, 0.05) is 18.7 Å². The third kappa shape index (κ3) is 6.66. The zero-order valence-electron chi connectivity index (χ0n) is 21.4. The number of aryl methyl sites for hydroxylation is 1. The number of sulfonamides is 1. The second-order valence-electron chi connectivity index (χ2n) is 8.94. The molecule has 0 saturated heterocycles. The van der Waals surface area contributed by atoms with E-state index in [-0.39, 0.29) is 32.8 Å². The van der Waals surface area contributed by atoms with E-state index in [1.807, 2.05) is 0 Å². The molecule has 10 nitrogen and oxygen atoms in total. The minimum Gasteiger partial charge on any atom is -0.308 e. The van der Waals surface area contributed by atoms with E-state index in [2.05, 4.69) is 25.1 Å². The molecule has 0 unspecified atom stereocenters. The van der Waals surface area contributed by atoms with Crippen molar-refractivity contribution in [2.45, 2.75) is 23.5 Å². The van der Waals surface area contributed by atoms with Gasteiger partial charge in [-0.1, -0.05) is 23.5 Å². The summed E-state index contributed by atoms with van der Waals surface area (Å²) in [6.45, 7) is 1.96. The molecule has 1 aromatic carbocycles. The highest BCUT2D eigenvalue weighted by atomic mass is 32.2. The van der Waals surface area contributed by atoms with E-state index in [0.717, 1.165) is 18.3 Å². The van der Waals surface area contributed by atoms with E-state index in [4.69, 9.17) is 0 Å². The van der Waals surface area contributed by atoms with Gasteiger partial charge in [-0.05, 0) is 39.2 Å². The van der Waals surface area contributed by atoms with E-state index in [9.17, 15) is 39.6 Å². The molecule has 4 aromatic rings. The lowest BCUT2D eigenvalue weighted by Crippen LogP contribution is -2.31. The van der Waals surface area contributed by atoms with Crippen LogP contribution in [0.5, 0.6) is 0 Å². The fourth-order valence-corrected chi connectivity index (χ4v) is 6.09. The van der Waals surface area contributed by atoms with Crippen molar-refractivity contribution in [3.8, 4) is 11.3 Å². The number of benzene rings is 1. The molecule has 0 atom stereocenters. The first-order chi connectivity index (χ1) is 19.0. The summed E-state index contributed by atoms with van der Waals surface area (Å²) in [6.07, 6.45) is -8.78. The maximum Gasteiger partial charge on any atom is 0.433 e. The van der Waals surface area contributed by atoms with Crippen molar-refractivity contribution in [2.24, 2.45) is 0 Å². The molecule has 18 heteroatoms. The Kier molecular flexibility index (Phi) is 8.14. The van der Waals surface area contributed by atoms with Gasteiger partial charge in [0.2, 0.25) is 0 Å². The number of thiazole rings is 1. The zero-order valence-corrected chi connectivity index (χ0v) is 23.1. The van der Waals surface area contributed by atoms with Crippen LogP contribution < -0.4 is 10.0 Å². The van der Waals surface area contributed by atoms with Gasteiger partial charge < -0.3 is 4.90 Å². The van der Waals surface area contributed by atoms with E-state index in [0.29, 0.717) is 40.6 Å². The fraction of sp³-hybridized carbons (Fsp3) is 0.304. The number of halogens is 6. The quantitative estimate of drug-likeness (QED) is 0.282. The molecular formula is C23H21F6N7O3S2. The van der Waals surface area contributed by atoms with Gasteiger partial charge in [-0.15, -0.1) is 0 Å². The summed E-state index contributed by atoms with van der Waals surface area (Å²) < 4.78 is 108. The Morgan fingerprint density at radius 3 is 2.29 bits per heavy atom. The van der Waals surface area contributed by atoms with Gasteiger partial charge in [0.25, 0.3) is 15.9 Å². The number of amides is 1. The van der Waals surface area contributed by atoms with Crippen molar-refractivity contribution < 1.29 is 39.6 Å². The zero-order chi connectivity index (χ0) is 30.3. The largest absolute Gasteiger partial charge is 0.433 e. The van der Waals surface area contributed by atoms with Crippen molar-refractivity contribution in [2.75, 3.05) is 32.5 Å². The number of rotatable bonds is 8. The Morgan fingerprint density at radius 2 is 1.71 bits per heavy atom. The Hall–Kier alpha value is -3.61. The van der Waals surface area contributed by atoms with Crippen LogP contribution in [-0.2, 0) is 22.4 Å². The van der Waals surface area contributed by atoms with Gasteiger partial charge in [-0.2, -0.15) is 31.4 Å². The first-order valence-corrected chi connectivity index (χ1v) is 13.8. The first-order valence-electron chi connectivity index (χ1n) is 11.5. The van der Waals surface area contributed by atoms with Crippen LogP contribution in [-0.4, -0.2) is 66.0 Å². The Balaban J connectivity index is 1.69. The van der Waals surface area contributed by atoms with Crippen molar-refractivity contribution in [3.05, 3.63) is 59.0 Å². The molecule has 0 spiro atoms. The molecule has 0 saturated carbocycles. The monoisotopic (exact) mass is 621 g/mol. The summed E-state index contributed by atoms with van der Waals surface area (Å²) in [7, 11) is -0.430. The molecule has 220 valence electrons. The molecule has 2 N–H and O–H groups in total. The molecule has 41 heavy (non-hydrogen) atoms. The summed E-state index contributed by atoms with van der Waals surface area (Å²) in [5, 5.41) is 5.85. The van der Waals surface area contributed by atoms with Crippen LogP contribution in [0, 0.1) is 6.92 Å². The van der Waals surface area contributed by atoms with Crippen LogP contribution in [0.15, 0.2) is 40.7 Å². The molecule has 3 aromatic heterocycles. The van der Waals surface area contributed by atoms with Gasteiger partial charge in [-0.25, -0.2) is 27.6 Å². The minimum atomic E-state index is -4.96. The number of carbonyl (C=O) groups is 1. The van der Waals surface area contributed by atoms with Gasteiger partial charge >= 0.3 is 12.4 Å². The van der Waals surface area contributed by atoms with E-state index in [1.165, 1.54) is 6.92 Å². The molecule has 1 amide bonds. The lowest BCUT2D eigenvalue weighted by Gasteiger charge is -2.12. The molecule has 0 aliphatic heterocycles. The lowest BCUT2D eigenvalue weighted by atomic mass is 10.1. The number of hydrogen-bond acceptors (Lipinski definition) is 8. The molecule has 0 aliphatic rings. The van der Waals surface area contributed by atoms with Gasteiger partial charge in [0.1, 0.15) is 5.56 Å². The van der Waals surface area contributed by atoms with Crippen LogP contribution in [0.25, 0.3) is 16.9 Å². The normalized spacial score (nSPS) is 12.8. The van der Waals surface area contributed by atoms with Crippen molar-refractivity contribution >= 4 is 38.0 Å². The number of anilines is 1. The third-order valence-corrected chi connectivity index (χ3v) is 8.73. The van der Waals surface area contributed by atoms with E-state index in [1.54, 1.807) is 19.0 Å². The lowest BCUT2D eigenvalue weighted by molar-refractivity contribution is -0.142. The predicted octanol–water partition coefficient (Wildman–Crippen LogP) is 4.29. The maximum atomic E-state index is 13.9. The van der Waals surface area contributed by atoms with Crippen molar-refractivity contribution in [3.63, 3.8) is 0 Å². The molecule has 0 radical (unpaired) electrons. The molecule has 3 heterocycles. The molecule has 0 bridgehead atoms. The Bertz CT molecular complexity index is 1700. The van der Waals surface area contributed by atoms with Gasteiger partial charge in [0.15, 0.2) is 20.7 Å². The maximum absolute atomic E-state index is 13.9. The molecular weight excluding hydrogens is 600 g/mol. The van der Waals surface area contributed by atoms with Crippen LogP contribution in [0.4, 0.5) is 31.5 Å². The highest BCUT2D eigenvalue weighted by Crippen LogP contribution is 2.35. The van der Waals surface area contributed by atoms with Crippen molar-refractivity contribution in [1.82, 2.24) is 29.2 Å². The van der Waals surface area contributed by atoms with Gasteiger partial charge in [0.05, 0.1) is 23.1 Å².